The van der Waals surface area contributed by atoms with E-state index in [1.807, 2.05) is 5.32 Å². The Bertz CT molecular complexity index is 1230. The van der Waals surface area contributed by atoms with Crippen LogP contribution in [0.25, 0.3) is 22.2 Å². The molecule has 0 atom stereocenters. The largest absolute Gasteiger partial charge is 0.465 e. The zero-order chi connectivity index (χ0) is 24.7. The van der Waals surface area contributed by atoms with E-state index in [4.69, 9.17) is 9.52 Å². The topological polar surface area (TPSA) is 95.7 Å². The van der Waals surface area contributed by atoms with Crippen LogP contribution < -0.4 is 5.32 Å². The zero-order valence-corrected chi connectivity index (χ0v) is 17.5. The number of alkyl halides is 5. The third-order valence-corrected chi connectivity index (χ3v) is 5.47. The Hall–Kier alpha value is -3.70. The molecular formula is C22H18F5N3O4. The van der Waals surface area contributed by atoms with Crippen molar-refractivity contribution < 1.29 is 41.1 Å². The van der Waals surface area contributed by atoms with Crippen LogP contribution >= 0.6 is 0 Å². The molecule has 3 aromatic rings. The Labute approximate surface area is 189 Å². The van der Waals surface area contributed by atoms with Crippen molar-refractivity contribution in [3.63, 3.8) is 0 Å². The Morgan fingerprint density at radius 2 is 1.85 bits per heavy atom. The molecule has 0 saturated carbocycles. The van der Waals surface area contributed by atoms with Gasteiger partial charge in [0.1, 0.15) is 11.3 Å². The van der Waals surface area contributed by atoms with Crippen LogP contribution in [0, 0.1) is 0 Å². The molecule has 7 nitrogen and oxygen atoms in total. The van der Waals surface area contributed by atoms with Crippen molar-refractivity contribution in [1.29, 1.82) is 0 Å². The van der Waals surface area contributed by atoms with Gasteiger partial charge in [-0.15, -0.1) is 0 Å². The number of nitrogens with one attached hydrogen (secondary N) is 1. The van der Waals surface area contributed by atoms with Gasteiger partial charge in [0.25, 0.3) is 11.8 Å². The minimum atomic E-state index is -4.75. The number of amides is 2. The number of nitrogens with zero attached hydrogens (tertiary/aromatic N) is 2. The van der Waals surface area contributed by atoms with Crippen molar-refractivity contribution in [2.45, 2.75) is 31.5 Å². The first-order valence-corrected chi connectivity index (χ1v) is 10.2. The first-order chi connectivity index (χ1) is 15.9. The average Bonchev–Trinajstić information content (AvgIpc) is 3.19. The molecule has 1 aliphatic rings. The first-order valence-electron chi connectivity index (χ1n) is 10.2. The molecule has 2 aromatic heterocycles. The van der Waals surface area contributed by atoms with E-state index in [1.165, 1.54) is 35.4 Å². The standard InChI is InChI=1S/C22H18F5N3O4/c23-21(24)3-5-30(6-4-21)19(31)12-1-2-17(28-10-12)13-7-14-8-15(11-29-20(32)33)34-18(14)16(9-13)22(25,26)27/h1-2,7-10,29H,3-6,11H2,(H,32,33). The lowest BCUT2D eigenvalue weighted by atomic mass is 10.0. The van der Waals surface area contributed by atoms with Crippen LogP contribution in [0.1, 0.15) is 34.5 Å². The monoisotopic (exact) mass is 483 g/mol. The summed E-state index contributed by atoms with van der Waals surface area (Å²) in [6.07, 6.45) is -5.78. The van der Waals surface area contributed by atoms with Gasteiger partial charge in [-0.1, -0.05) is 0 Å². The van der Waals surface area contributed by atoms with Crippen LogP contribution in [-0.2, 0) is 12.7 Å². The summed E-state index contributed by atoms with van der Waals surface area (Å²) in [5.74, 6) is -3.28. The number of fused-ring (bicyclic) bond motifs is 1. The summed E-state index contributed by atoms with van der Waals surface area (Å²) < 4.78 is 72.9. The third kappa shape index (κ3) is 4.95. The molecular weight excluding hydrogens is 465 g/mol. The molecule has 1 fully saturated rings. The molecule has 1 aromatic carbocycles. The summed E-state index contributed by atoms with van der Waals surface area (Å²) in [6, 6.07) is 6.33. The van der Waals surface area contributed by atoms with E-state index in [1.54, 1.807) is 0 Å². The number of rotatable bonds is 4. The van der Waals surface area contributed by atoms with E-state index >= 15 is 0 Å². The number of benzene rings is 1. The van der Waals surface area contributed by atoms with Crippen LogP contribution in [-0.4, -0.2) is 46.0 Å². The minimum absolute atomic E-state index is 0.000984. The van der Waals surface area contributed by atoms with Crippen LogP contribution in [0.4, 0.5) is 26.7 Å². The molecule has 34 heavy (non-hydrogen) atoms. The number of carbonyl (C=O) groups excluding carboxylic acids is 1. The van der Waals surface area contributed by atoms with Crippen LogP contribution in [0.3, 0.4) is 0 Å². The van der Waals surface area contributed by atoms with E-state index < -0.39 is 48.1 Å². The van der Waals surface area contributed by atoms with Gasteiger partial charge in [-0.2, -0.15) is 13.2 Å². The Balaban J connectivity index is 1.62. The first kappa shape index (κ1) is 23.5. The van der Waals surface area contributed by atoms with E-state index in [9.17, 15) is 31.5 Å². The van der Waals surface area contributed by atoms with E-state index in [-0.39, 0.29) is 47.6 Å². The van der Waals surface area contributed by atoms with Crippen molar-refractivity contribution in [1.82, 2.24) is 15.2 Å². The van der Waals surface area contributed by atoms with Gasteiger partial charge in [-0.25, -0.2) is 13.6 Å². The summed E-state index contributed by atoms with van der Waals surface area (Å²) >= 11 is 0. The number of pyridine rings is 1. The maximum atomic E-state index is 13.7. The normalized spacial score (nSPS) is 16.0. The highest BCUT2D eigenvalue weighted by Gasteiger charge is 2.36. The number of likely N-dealkylation sites (tertiary alicyclic amines) is 1. The van der Waals surface area contributed by atoms with Gasteiger partial charge in [0, 0.05) is 43.1 Å². The molecule has 0 spiro atoms. The third-order valence-electron chi connectivity index (χ3n) is 5.47. The maximum absolute atomic E-state index is 13.7. The lowest BCUT2D eigenvalue weighted by Crippen LogP contribution is -2.42. The fraction of sp³-hybridized carbons (Fsp3) is 0.318. The lowest BCUT2D eigenvalue weighted by molar-refractivity contribution is -0.136. The van der Waals surface area contributed by atoms with Crippen LogP contribution in [0.2, 0.25) is 0 Å². The van der Waals surface area contributed by atoms with Crippen molar-refractivity contribution >= 4 is 23.0 Å². The van der Waals surface area contributed by atoms with Crippen molar-refractivity contribution in [3.8, 4) is 11.3 Å². The van der Waals surface area contributed by atoms with Gasteiger partial charge in [0.15, 0.2) is 0 Å². The van der Waals surface area contributed by atoms with Gasteiger partial charge < -0.3 is 19.7 Å². The number of piperidine rings is 1. The van der Waals surface area contributed by atoms with Crippen LogP contribution in [0.5, 0.6) is 0 Å². The van der Waals surface area contributed by atoms with E-state index in [0.717, 1.165) is 6.07 Å². The lowest BCUT2D eigenvalue weighted by Gasteiger charge is -2.31. The highest BCUT2D eigenvalue weighted by molar-refractivity contribution is 5.94. The van der Waals surface area contributed by atoms with Gasteiger partial charge in [0.05, 0.1) is 23.4 Å². The molecule has 4 rings (SSSR count). The highest BCUT2D eigenvalue weighted by Crippen LogP contribution is 2.39. The molecule has 2 N–H and O–H groups in total. The Kier molecular flexibility index (Phi) is 5.92. The van der Waals surface area contributed by atoms with Crippen molar-refractivity contribution in [2.24, 2.45) is 0 Å². The van der Waals surface area contributed by atoms with Gasteiger partial charge in [-0.3, -0.25) is 9.78 Å². The molecule has 1 aliphatic heterocycles. The molecule has 0 bridgehead atoms. The highest BCUT2D eigenvalue weighted by atomic mass is 19.4. The van der Waals surface area contributed by atoms with Gasteiger partial charge in [0.2, 0.25) is 0 Å². The quantitative estimate of drug-likeness (QED) is 0.501. The smallest absolute Gasteiger partial charge is 0.420 e. The number of carbonyl (C=O) groups is 2. The zero-order valence-electron chi connectivity index (χ0n) is 17.5. The number of halogens is 5. The molecule has 3 heterocycles. The minimum Gasteiger partial charge on any atom is -0.465 e. The SMILES string of the molecule is O=C(O)NCc1cc2cc(-c3ccc(C(=O)N4CCC(F)(F)CC4)cn3)cc(C(F)(F)F)c2o1. The average molecular weight is 483 g/mol. The summed E-state index contributed by atoms with van der Waals surface area (Å²) in [7, 11) is 0. The predicted molar refractivity (Wildman–Crippen MR) is 109 cm³/mol. The van der Waals surface area contributed by atoms with Crippen molar-refractivity contribution in [3.05, 3.63) is 53.4 Å². The Morgan fingerprint density at radius 3 is 2.44 bits per heavy atom. The second-order valence-corrected chi connectivity index (χ2v) is 7.89. The summed E-state index contributed by atoms with van der Waals surface area (Å²) in [5.41, 5.74) is -1.10. The number of carboxylic acid groups (broad SMARTS) is 1. The van der Waals surface area contributed by atoms with Gasteiger partial charge in [-0.05, 0) is 30.3 Å². The fourth-order valence-electron chi connectivity index (χ4n) is 3.73. The summed E-state index contributed by atoms with van der Waals surface area (Å²) in [4.78, 5) is 28.6. The molecule has 0 radical (unpaired) electrons. The molecule has 180 valence electrons. The molecule has 2 amide bonds. The van der Waals surface area contributed by atoms with Crippen LogP contribution in [0.15, 0.2) is 40.9 Å². The van der Waals surface area contributed by atoms with Crippen molar-refractivity contribution in [2.75, 3.05) is 13.1 Å². The molecule has 0 unspecified atom stereocenters. The molecule has 12 heteroatoms. The fourth-order valence-corrected chi connectivity index (χ4v) is 3.73. The summed E-state index contributed by atoms with van der Waals surface area (Å²) in [5, 5.41) is 10.8. The second-order valence-electron chi connectivity index (χ2n) is 7.89. The van der Waals surface area contributed by atoms with E-state index in [0.29, 0.717) is 0 Å². The second kappa shape index (κ2) is 8.58. The maximum Gasteiger partial charge on any atom is 0.420 e. The number of furan rings is 1. The number of hydrogen-bond donors (Lipinski definition) is 2. The number of hydrogen-bond acceptors (Lipinski definition) is 4. The van der Waals surface area contributed by atoms with E-state index in [2.05, 4.69) is 4.98 Å². The molecule has 1 saturated heterocycles. The number of aromatic nitrogens is 1. The molecule has 0 aliphatic carbocycles. The Morgan fingerprint density at radius 1 is 1.15 bits per heavy atom. The van der Waals surface area contributed by atoms with Gasteiger partial charge >= 0.3 is 12.3 Å². The predicted octanol–water partition coefficient (Wildman–Crippen LogP) is 5.15. The summed E-state index contributed by atoms with van der Waals surface area (Å²) in [6.45, 7) is -0.508.